The van der Waals surface area contributed by atoms with Crippen molar-refractivity contribution < 1.29 is 9.59 Å². The molecule has 32 heavy (non-hydrogen) atoms. The van der Waals surface area contributed by atoms with Gasteiger partial charge in [0.05, 0.1) is 13.1 Å². The molecule has 2 amide bonds. The van der Waals surface area contributed by atoms with E-state index < -0.39 is 0 Å². The Hall–Kier alpha value is -2.33. The third kappa shape index (κ3) is 7.67. The van der Waals surface area contributed by atoms with Gasteiger partial charge in [-0.15, -0.1) is 24.0 Å². The van der Waals surface area contributed by atoms with E-state index in [1.165, 1.54) is 6.92 Å². The Morgan fingerprint density at radius 1 is 1.12 bits per heavy atom. The molecule has 2 aromatic carbocycles. The van der Waals surface area contributed by atoms with Crippen LogP contribution >= 0.6 is 35.6 Å². The summed E-state index contributed by atoms with van der Waals surface area (Å²) in [7, 11) is 0. The average Bonchev–Trinajstić information content (AvgIpc) is 2.74. The van der Waals surface area contributed by atoms with E-state index >= 15 is 0 Å². The number of nitrogens with one attached hydrogen (secondary N) is 2. The van der Waals surface area contributed by atoms with E-state index in [2.05, 4.69) is 10.6 Å². The minimum absolute atomic E-state index is 0. The van der Waals surface area contributed by atoms with Crippen molar-refractivity contribution in [3.8, 4) is 0 Å². The Bertz CT molecular complexity index is 952. The minimum Gasteiger partial charge on any atom is -0.356 e. The third-order valence-electron chi connectivity index (χ3n) is 4.90. The van der Waals surface area contributed by atoms with E-state index in [1.54, 1.807) is 0 Å². The van der Waals surface area contributed by atoms with Crippen LogP contribution in [0, 0.1) is 0 Å². The Kier molecular flexibility index (Phi) is 10.2. The molecule has 0 aliphatic carbocycles. The first kappa shape index (κ1) is 25.9. The first-order chi connectivity index (χ1) is 14.9. The standard InChI is InChI=1S/C23H28ClN5O2.HI/c1-3-25-23(26-14-19-5-4-6-21(13-19)27-17(2)30)29-12-11-28(22(31)16-29)15-18-7-9-20(24)10-8-18;/h4-10,13H,3,11-12,14-16H2,1-2H3,(H,25,26)(H,27,30);1H. The summed E-state index contributed by atoms with van der Waals surface area (Å²) >= 11 is 5.95. The summed E-state index contributed by atoms with van der Waals surface area (Å²) in [5.41, 5.74) is 2.79. The Morgan fingerprint density at radius 3 is 2.53 bits per heavy atom. The smallest absolute Gasteiger partial charge is 0.242 e. The van der Waals surface area contributed by atoms with Crippen LogP contribution in [0.1, 0.15) is 25.0 Å². The lowest BCUT2D eigenvalue weighted by atomic mass is 10.2. The number of nitrogens with zero attached hydrogens (tertiary/aromatic N) is 3. The highest BCUT2D eigenvalue weighted by molar-refractivity contribution is 14.0. The number of carbonyl (C=O) groups is 2. The maximum Gasteiger partial charge on any atom is 0.242 e. The predicted octanol–water partition coefficient (Wildman–Crippen LogP) is 3.73. The van der Waals surface area contributed by atoms with Crippen LogP contribution in [0.15, 0.2) is 53.5 Å². The van der Waals surface area contributed by atoms with E-state index in [0.29, 0.717) is 43.7 Å². The first-order valence-electron chi connectivity index (χ1n) is 10.4. The summed E-state index contributed by atoms with van der Waals surface area (Å²) in [5, 5.41) is 6.75. The van der Waals surface area contributed by atoms with Gasteiger partial charge in [0, 0.05) is 43.8 Å². The monoisotopic (exact) mass is 569 g/mol. The SMILES string of the molecule is CCNC(=NCc1cccc(NC(C)=O)c1)N1CCN(Cc2ccc(Cl)cc2)C(=O)C1.I. The number of hydrogen-bond donors (Lipinski definition) is 2. The van der Waals surface area contributed by atoms with Gasteiger partial charge in [-0.1, -0.05) is 35.9 Å². The van der Waals surface area contributed by atoms with E-state index in [9.17, 15) is 9.59 Å². The van der Waals surface area contributed by atoms with Crippen molar-refractivity contribution in [2.24, 2.45) is 4.99 Å². The van der Waals surface area contributed by atoms with Crippen molar-refractivity contribution >= 4 is 59.0 Å². The van der Waals surface area contributed by atoms with Gasteiger partial charge in [-0.05, 0) is 42.3 Å². The molecule has 0 atom stereocenters. The zero-order valence-corrected chi connectivity index (χ0v) is 21.4. The van der Waals surface area contributed by atoms with Crippen LogP contribution in [0.5, 0.6) is 0 Å². The van der Waals surface area contributed by atoms with Crippen LogP contribution in [0.4, 0.5) is 5.69 Å². The van der Waals surface area contributed by atoms with E-state index in [-0.39, 0.29) is 42.3 Å². The van der Waals surface area contributed by atoms with Crippen LogP contribution in [0.2, 0.25) is 5.02 Å². The van der Waals surface area contributed by atoms with Gasteiger partial charge in [-0.25, -0.2) is 4.99 Å². The average molecular weight is 570 g/mol. The molecule has 172 valence electrons. The fourth-order valence-corrected chi connectivity index (χ4v) is 3.54. The fraction of sp³-hybridized carbons (Fsp3) is 0.348. The molecule has 2 aromatic rings. The van der Waals surface area contributed by atoms with Crippen LogP contribution in [-0.2, 0) is 22.7 Å². The first-order valence-corrected chi connectivity index (χ1v) is 10.7. The molecule has 0 radical (unpaired) electrons. The van der Waals surface area contributed by atoms with Crippen molar-refractivity contribution in [1.82, 2.24) is 15.1 Å². The molecule has 0 spiro atoms. The van der Waals surface area contributed by atoms with Gasteiger partial charge in [0.2, 0.25) is 11.8 Å². The highest BCUT2D eigenvalue weighted by Gasteiger charge is 2.26. The number of aliphatic imine (C=N–C) groups is 1. The summed E-state index contributed by atoms with van der Waals surface area (Å²) in [6.45, 7) is 6.85. The van der Waals surface area contributed by atoms with Crippen LogP contribution < -0.4 is 10.6 Å². The van der Waals surface area contributed by atoms with E-state index in [1.807, 2.05) is 65.3 Å². The number of rotatable bonds is 6. The molecule has 0 saturated carbocycles. The molecular formula is C23H29ClIN5O2. The van der Waals surface area contributed by atoms with Gasteiger partial charge < -0.3 is 20.4 Å². The quantitative estimate of drug-likeness (QED) is 0.316. The second-order valence-corrected chi connectivity index (χ2v) is 7.85. The maximum atomic E-state index is 12.7. The van der Waals surface area contributed by atoms with Gasteiger partial charge >= 0.3 is 0 Å². The zero-order chi connectivity index (χ0) is 22.2. The summed E-state index contributed by atoms with van der Waals surface area (Å²) < 4.78 is 0. The van der Waals surface area contributed by atoms with Crippen molar-refractivity contribution in [1.29, 1.82) is 0 Å². The molecule has 1 fully saturated rings. The summed E-state index contributed by atoms with van der Waals surface area (Å²) in [4.78, 5) is 32.6. The molecule has 9 heteroatoms. The van der Waals surface area contributed by atoms with Crippen molar-refractivity contribution in [3.63, 3.8) is 0 Å². The largest absolute Gasteiger partial charge is 0.356 e. The van der Waals surface area contributed by atoms with E-state index in [4.69, 9.17) is 16.6 Å². The van der Waals surface area contributed by atoms with Gasteiger partial charge in [-0.3, -0.25) is 9.59 Å². The molecule has 2 N–H and O–H groups in total. The number of hydrogen-bond acceptors (Lipinski definition) is 3. The number of guanidine groups is 1. The second-order valence-electron chi connectivity index (χ2n) is 7.42. The lowest BCUT2D eigenvalue weighted by Crippen LogP contribution is -2.54. The highest BCUT2D eigenvalue weighted by atomic mass is 127. The van der Waals surface area contributed by atoms with Gasteiger partial charge in [-0.2, -0.15) is 0 Å². The van der Waals surface area contributed by atoms with Crippen molar-refractivity contribution in [2.75, 3.05) is 31.5 Å². The number of piperazine rings is 1. The molecule has 0 aromatic heterocycles. The lowest BCUT2D eigenvalue weighted by molar-refractivity contribution is -0.135. The van der Waals surface area contributed by atoms with Gasteiger partial charge in [0.15, 0.2) is 5.96 Å². The summed E-state index contributed by atoms with van der Waals surface area (Å²) in [5.74, 6) is 0.676. The van der Waals surface area contributed by atoms with Gasteiger partial charge in [0.25, 0.3) is 0 Å². The summed E-state index contributed by atoms with van der Waals surface area (Å²) in [6, 6.07) is 15.2. The molecule has 1 saturated heterocycles. The Balaban J connectivity index is 0.00000363. The molecule has 3 rings (SSSR count). The Morgan fingerprint density at radius 2 is 1.88 bits per heavy atom. The molecule has 1 heterocycles. The number of amides is 2. The minimum atomic E-state index is -0.107. The number of benzene rings is 2. The molecule has 7 nitrogen and oxygen atoms in total. The number of anilines is 1. The predicted molar refractivity (Wildman–Crippen MR) is 139 cm³/mol. The third-order valence-corrected chi connectivity index (χ3v) is 5.15. The highest BCUT2D eigenvalue weighted by Crippen LogP contribution is 2.15. The molecule has 1 aliphatic heterocycles. The second kappa shape index (κ2) is 12.6. The van der Waals surface area contributed by atoms with Crippen LogP contribution in [0.3, 0.4) is 0 Å². The fourth-order valence-electron chi connectivity index (χ4n) is 3.41. The summed E-state index contributed by atoms with van der Waals surface area (Å²) in [6.07, 6.45) is 0. The lowest BCUT2D eigenvalue weighted by Gasteiger charge is -2.36. The van der Waals surface area contributed by atoms with Gasteiger partial charge in [0.1, 0.15) is 0 Å². The topological polar surface area (TPSA) is 77.0 Å². The van der Waals surface area contributed by atoms with E-state index in [0.717, 1.165) is 16.8 Å². The van der Waals surface area contributed by atoms with Crippen LogP contribution in [0.25, 0.3) is 0 Å². The Labute approximate surface area is 211 Å². The normalized spacial score (nSPS) is 14.1. The van der Waals surface area contributed by atoms with Crippen LogP contribution in [-0.4, -0.2) is 53.8 Å². The molecular weight excluding hydrogens is 541 g/mol. The number of carbonyl (C=O) groups excluding carboxylic acids is 2. The molecule has 0 unspecified atom stereocenters. The van der Waals surface area contributed by atoms with Crippen molar-refractivity contribution in [3.05, 3.63) is 64.7 Å². The molecule has 0 bridgehead atoms. The number of halogens is 2. The van der Waals surface area contributed by atoms with Crippen molar-refractivity contribution in [2.45, 2.75) is 26.9 Å². The molecule has 1 aliphatic rings. The zero-order valence-electron chi connectivity index (χ0n) is 18.3. The maximum absolute atomic E-state index is 12.7.